The zero-order valence-corrected chi connectivity index (χ0v) is 10.8. The van der Waals surface area contributed by atoms with Crippen molar-refractivity contribution >= 4 is 11.6 Å². The van der Waals surface area contributed by atoms with E-state index in [4.69, 9.17) is 10.5 Å². The summed E-state index contributed by atoms with van der Waals surface area (Å²) < 4.78 is 19.5. The number of carbonyl (C=O) groups excluding carboxylic acids is 1. The van der Waals surface area contributed by atoms with E-state index in [2.05, 4.69) is 15.6 Å². The van der Waals surface area contributed by atoms with Gasteiger partial charge in [0.05, 0.1) is 25.5 Å². The van der Waals surface area contributed by atoms with Crippen molar-refractivity contribution in [3.05, 3.63) is 35.9 Å². The molecule has 0 saturated carbocycles. The molecule has 3 N–H and O–H groups in total. The lowest BCUT2D eigenvalue weighted by Gasteiger charge is -2.08. The second kappa shape index (κ2) is 6.11. The van der Waals surface area contributed by atoms with Crippen molar-refractivity contribution < 1.29 is 13.9 Å². The quantitative estimate of drug-likeness (QED) is 0.837. The van der Waals surface area contributed by atoms with Crippen LogP contribution in [0.2, 0.25) is 0 Å². The van der Waals surface area contributed by atoms with Crippen molar-refractivity contribution in [3.8, 4) is 5.75 Å². The second-order valence-electron chi connectivity index (χ2n) is 3.95. The van der Waals surface area contributed by atoms with Crippen LogP contribution in [0.15, 0.2) is 24.4 Å². The van der Waals surface area contributed by atoms with Gasteiger partial charge in [0.2, 0.25) is 0 Å². The summed E-state index contributed by atoms with van der Waals surface area (Å²) in [6.07, 6.45) is 1.48. The number of nitrogens with one attached hydrogen (secondary N) is 1. The molecule has 0 bridgehead atoms. The number of aromatic nitrogens is 3. The molecule has 0 unspecified atom stereocenters. The fourth-order valence-electron chi connectivity index (χ4n) is 1.60. The van der Waals surface area contributed by atoms with Gasteiger partial charge in [-0.2, -0.15) is 0 Å². The van der Waals surface area contributed by atoms with Crippen LogP contribution in [0.4, 0.5) is 10.1 Å². The summed E-state index contributed by atoms with van der Waals surface area (Å²) in [4.78, 5) is 12.0. The van der Waals surface area contributed by atoms with Crippen LogP contribution in [0, 0.1) is 5.82 Å². The van der Waals surface area contributed by atoms with Crippen LogP contribution in [0.5, 0.6) is 5.75 Å². The number of carbonyl (C=O) groups is 1. The van der Waals surface area contributed by atoms with Crippen LogP contribution in [-0.2, 0) is 6.54 Å². The molecule has 0 atom stereocenters. The molecule has 0 aliphatic heterocycles. The predicted molar refractivity (Wildman–Crippen MR) is 70.0 cm³/mol. The molecule has 1 amide bonds. The molecule has 1 aromatic heterocycles. The van der Waals surface area contributed by atoms with Gasteiger partial charge in [-0.3, -0.25) is 9.48 Å². The van der Waals surface area contributed by atoms with Crippen LogP contribution in [0.1, 0.15) is 10.5 Å². The molecule has 0 aliphatic rings. The van der Waals surface area contributed by atoms with Gasteiger partial charge in [-0.05, 0) is 12.1 Å². The molecule has 20 heavy (non-hydrogen) atoms. The smallest absolute Gasteiger partial charge is 0.277 e. The Morgan fingerprint density at radius 3 is 3.05 bits per heavy atom. The summed E-state index contributed by atoms with van der Waals surface area (Å²) in [6.45, 7) is 0.871. The summed E-state index contributed by atoms with van der Waals surface area (Å²) in [5.74, 6) is -0.681. The van der Waals surface area contributed by atoms with Gasteiger partial charge in [-0.15, -0.1) is 5.10 Å². The minimum atomic E-state index is -0.460. The Morgan fingerprint density at radius 2 is 2.35 bits per heavy atom. The van der Waals surface area contributed by atoms with Gasteiger partial charge < -0.3 is 15.8 Å². The highest BCUT2D eigenvalue weighted by molar-refractivity contribution is 6.03. The van der Waals surface area contributed by atoms with Crippen molar-refractivity contribution in [1.82, 2.24) is 15.0 Å². The van der Waals surface area contributed by atoms with Crippen molar-refractivity contribution in [3.63, 3.8) is 0 Å². The van der Waals surface area contributed by atoms with Crippen LogP contribution < -0.4 is 15.8 Å². The Morgan fingerprint density at radius 1 is 1.55 bits per heavy atom. The number of ether oxygens (including phenoxy) is 1. The monoisotopic (exact) mass is 279 g/mol. The van der Waals surface area contributed by atoms with Crippen LogP contribution in [-0.4, -0.2) is 34.6 Å². The lowest BCUT2D eigenvalue weighted by atomic mass is 10.2. The van der Waals surface area contributed by atoms with Crippen LogP contribution >= 0.6 is 0 Å². The van der Waals surface area contributed by atoms with Crippen LogP contribution in [0.3, 0.4) is 0 Å². The molecule has 0 fully saturated rings. The zero-order chi connectivity index (χ0) is 14.5. The summed E-state index contributed by atoms with van der Waals surface area (Å²) in [5, 5.41) is 10.1. The first-order valence-corrected chi connectivity index (χ1v) is 5.89. The van der Waals surface area contributed by atoms with E-state index in [0.29, 0.717) is 18.8 Å². The number of nitrogens with zero attached hydrogens (tertiary/aromatic N) is 3. The van der Waals surface area contributed by atoms with Gasteiger partial charge in [0.15, 0.2) is 5.69 Å². The van der Waals surface area contributed by atoms with Gasteiger partial charge in [0.1, 0.15) is 11.6 Å². The number of hydrogen-bond acceptors (Lipinski definition) is 5. The molecule has 2 aromatic rings. The lowest BCUT2D eigenvalue weighted by Crippen LogP contribution is -2.13. The maximum absolute atomic E-state index is 13.1. The molecule has 0 saturated heterocycles. The number of benzene rings is 1. The second-order valence-corrected chi connectivity index (χ2v) is 3.95. The highest BCUT2D eigenvalue weighted by Crippen LogP contribution is 2.25. The van der Waals surface area contributed by atoms with E-state index < -0.39 is 11.7 Å². The third-order valence-corrected chi connectivity index (χ3v) is 2.54. The zero-order valence-electron chi connectivity index (χ0n) is 10.8. The van der Waals surface area contributed by atoms with E-state index in [1.807, 2.05) is 0 Å². The van der Waals surface area contributed by atoms with Gasteiger partial charge in [-0.25, -0.2) is 4.39 Å². The maximum Gasteiger partial charge on any atom is 0.277 e. The standard InChI is InChI=1S/C12H14FN5O2/c1-20-11-6-8(13)2-3-9(11)15-12(19)10-7-18(5-4-14)17-16-10/h2-3,6-7H,4-5,14H2,1H3,(H,15,19). The molecule has 0 spiro atoms. The fourth-order valence-corrected chi connectivity index (χ4v) is 1.60. The van der Waals surface area contributed by atoms with E-state index >= 15 is 0 Å². The fraction of sp³-hybridized carbons (Fsp3) is 0.250. The van der Waals surface area contributed by atoms with Gasteiger partial charge >= 0.3 is 0 Å². The minimum absolute atomic E-state index is 0.143. The lowest BCUT2D eigenvalue weighted by molar-refractivity contribution is 0.102. The minimum Gasteiger partial charge on any atom is -0.494 e. The number of halogens is 1. The number of anilines is 1. The van der Waals surface area contributed by atoms with E-state index in [1.54, 1.807) is 0 Å². The first-order valence-electron chi connectivity index (χ1n) is 5.89. The number of hydrogen-bond donors (Lipinski definition) is 2. The van der Waals surface area contributed by atoms with Gasteiger partial charge in [-0.1, -0.05) is 5.21 Å². The first-order chi connectivity index (χ1) is 9.63. The molecule has 8 heteroatoms. The number of rotatable bonds is 5. The van der Waals surface area contributed by atoms with E-state index in [9.17, 15) is 9.18 Å². The summed E-state index contributed by atoms with van der Waals surface area (Å²) in [7, 11) is 1.39. The Hall–Kier alpha value is -2.48. The molecule has 1 aromatic carbocycles. The van der Waals surface area contributed by atoms with Crippen molar-refractivity contribution in [2.45, 2.75) is 6.54 Å². The van der Waals surface area contributed by atoms with Crippen LogP contribution in [0.25, 0.3) is 0 Å². The average Bonchev–Trinajstić information content (AvgIpc) is 2.90. The molecular weight excluding hydrogens is 265 g/mol. The number of nitrogens with two attached hydrogens (primary N) is 1. The van der Waals surface area contributed by atoms with E-state index in [-0.39, 0.29) is 11.4 Å². The number of amides is 1. The predicted octanol–water partition coefficient (Wildman–Crippen LogP) is 0.637. The topological polar surface area (TPSA) is 95.1 Å². The number of methoxy groups -OCH3 is 1. The third kappa shape index (κ3) is 3.09. The van der Waals surface area contributed by atoms with Crippen molar-refractivity contribution in [1.29, 1.82) is 0 Å². The normalized spacial score (nSPS) is 10.3. The highest BCUT2D eigenvalue weighted by Gasteiger charge is 2.13. The summed E-state index contributed by atoms with van der Waals surface area (Å²) >= 11 is 0. The Balaban J connectivity index is 2.14. The molecule has 0 aliphatic carbocycles. The van der Waals surface area contributed by atoms with Crippen molar-refractivity contribution in [2.75, 3.05) is 19.0 Å². The van der Waals surface area contributed by atoms with Gasteiger partial charge in [0.25, 0.3) is 5.91 Å². The van der Waals surface area contributed by atoms with E-state index in [1.165, 1.54) is 36.2 Å². The molecule has 106 valence electrons. The molecular formula is C12H14FN5O2. The maximum atomic E-state index is 13.1. The molecule has 7 nitrogen and oxygen atoms in total. The molecule has 2 rings (SSSR count). The Bertz CT molecular complexity index is 614. The molecule has 1 heterocycles. The average molecular weight is 279 g/mol. The SMILES string of the molecule is COc1cc(F)ccc1NC(=O)c1cn(CCN)nn1. The van der Waals surface area contributed by atoms with E-state index in [0.717, 1.165) is 0 Å². The molecule has 0 radical (unpaired) electrons. The third-order valence-electron chi connectivity index (χ3n) is 2.54. The Labute approximate surface area is 114 Å². The summed E-state index contributed by atoms with van der Waals surface area (Å²) in [6, 6.07) is 3.82. The van der Waals surface area contributed by atoms with Gasteiger partial charge in [0, 0.05) is 12.6 Å². The van der Waals surface area contributed by atoms with Crippen molar-refractivity contribution in [2.24, 2.45) is 5.73 Å². The highest BCUT2D eigenvalue weighted by atomic mass is 19.1. The largest absolute Gasteiger partial charge is 0.494 e. The first kappa shape index (κ1) is 13.9. The summed E-state index contributed by atoms with van der Waals surface area (Å²) in [5.41, 5.74) is 5.88. The Kier molecular flexibility index (Phi) is 4.26.